The molecule has 0 radical (unpaired) electrons. The molecule has 31 heavy (non-hydrogen) atoms. The van der Waals surface area contributed by atoms with Crippen LogP contribution in [0.1, 0.15) is 6.42 Å². The molecule has 0 saturated carbocycles. The van der Waals surface area contributed by atoms with Gasteiger partial charge in [0.1, 0.15) is 12.4 Å². The van der Waals surface area contributed by atoms with E-state index in [4.69, 9.17) is 24.5 Å². The first-order valence-electron chi connectivity index (χ1n) is 10.3. The molecule has 2 heterocycles. The first-order valence-corrected chi connectivity index (χ1v) is 10.3. The van der Waals surface area contributed by atoms with E-state index in [-0.39, 0.29) is 19.3 Å². The maximum atomic E-state index is 10.5. The summed E-state index contributed by atoms with van der Waals surface area (Å²) in [7, 11) is 0. The van der Waals surface area contributed by atoms with Gasteiger partial charge in [-0.05, 0) is 6.42 Å². The van der Waals surface area contributed by atoms with E-state index in [9.17, 15) is 4.79 Å². The Morgan fingerprint density at radius 2 is 1.68 bits per heavy atom. The second-order valence-electron chi connectivity index (χ2n) is 7.33. The zero-order valence-electron chi connectivity index (χ0n) is 17.2. The fraction of sp³-hybridized carbons (Fsp3) is 0.292. The molecular formula is C24H25N3O4. The van der Waals surface area contributed by atoms with Crippen LogP contribution in [0.3, 0.4) is 0 Å². The van der Waals surface area contributed by atoms with Crippen LogP contribution in [-0.2, 0) is 14.3 Å². The Morgan fingerprint density at radius 3 is 2.35 bits per heavy atom. The van der Waals surface area contributed by atoms with Gasteiger partial charge >= 0.3 is 5.97 Å². The lowest BCUT2D eigenvalue weighted by molar-refractivity contribution is -0.142. The van der Waals surface area contributed by atoms with E-state index in [1.165, 1.54) is 0 Å². The predicted molar refractivity (Wildman–Crippen MR) is 118 cm³/mol. The summed E-state index contributed by atoms with van der Waals surface area (Å²) in [6.07, 6.45) is 2.76. The molecule has 0 bridgehead atoms. The van der Waals surface area contributed by atoms with Gasteiger partial charge in [0, 0.05) is 24.2 Å². The van der Waals surface area contributed by atoms with Crippen molar-refractivity contribution in [3.8, 4) is 22.5 Å². The normalized spacial score (nSPS) is 15.9. The van der Waals surface area contributed by atoms with E-state index in [1.807, 2.05) is 66.9 Å². The largest absolute Gasteiger partial charge is 0.480 e. The first kappa shape index (κ1) is 21.0. The third-order valence-electron chi connectivity index (χ3n) is 5.13. The minimum Gasteiger partial charge on any atom is -0.480 e. The average molecular weight is 419 g/mol. The summed E-state index contributed by atoms with van der Waals surface area (Å²) in [6, 6.07) is 20.2. The molecular weight excluding hydrogens is 394 g/mol. The van der Waals surface area contributed by atoms with Crippen molar-refractivity contribution in [2.24, 2.45) is 0 Å². The summed E-state index contributed by atoms with van der Waals surface area (Å²) in [4.78, 5) is 22.4. The fourth-order valence-electron chi connectivity index (χ4n) is 3.64. The Bertz CT molecular complexity index is 998. The first-order chi connectivity index (χ1) is 15.2. The van der Waals surface area contributed by atoms with Crippen LogP contribution in [0.2, 0.25) is 0 Å². The lowest BCUT2D eigenvalue weighted by Crippen LogP contribution is -2.25. The van der Waals surface area contributed by atoms with Gasteiger partial charge in [-0.2, -0.15) is 0 Å². The summed E-state index contributed by atoms with van der Waals surface area (Å²) in [5.41, 5.74) is 3.77. The number of carboxylic acid groups (broad SMARTS) is 1. The number of ether oxygens (including phenoxy) is 2. The van der Waals surface area contributed by atoms with Crippen LogP contribution in [0, 0.1) is 0 Å². The van der Waals surface area contributed by atoms with E-state index < -0.39 is 5.97 Å². The maximum Gasteiger partial charge on any atom is 0.329 e. The molecule has 1 aliphatic heterocycles. The van der Waals surface area contributed by atoms with Gasteiger partial charge in [0.2, 0.25) is 0 Å². The number of aliphatic carboxylic acids is 1. The standard InChI is InChI=1S/C24H25N3O4/c28-22(29)17-30-13-14-31-20-11-12-27(16-20)21-15-25-23(18-7-3-1-4-8-18)24(26-21)19-9-5-2-6-10-19/h1-10,15,20H,11-14,16-17H2,(H,28,29)/t20-/m0/s1. The van der Waals surface area contributed by atoms with Crippen molar-refractivity contribution in [1.29, 1.82) is 0 Å². The number of carbonyl (C=O) groups is 1. The quantitative estimate of drug-likeness (QED) is 0.531. The van der Waals surface area contributed by atoms with Crippen LogP contribution in [-0.4, -0.2) is 60.1 Å². The number of anilines is 1. The number of rotatable bonds is 9. The third-order valence-corrected chi connectivity index (χ3v) is 5.13. The van der Waals surface area contributed by atoms with Crippen LogP contribution < -0.4 is 4.90 Å². The van der Waals surface area contributed by atoms with E-state index in [0.717, 1.165) is 41.3 Å². The highest BCUT2D eigenvalue weighted by molar-refractivity contribution is 5.78. The molecule has 0 amide bonds. The zero-order valence-corrected chi connectivity index (χ0v) is 17.2. The zero-order chi connectivity index (χ0) is 21.5. The molecule has 0 aliphatic carbocycles. The van der Waals surface area contributed by atoms with Crippen molar-refractivity contribution in [2.75, 3.05) is 37.8 Å². The predicted octanol–water partition coefficient (Wildman–Crippen LogP) is 3.51. The van der Waals surface area contributed by atoms with Crippen LogP contribution in [0.25, 0.3) is 22.5 Å². The summed E-state index contributed by atoms with van der Waals surface area (Å²) in [5, 5.41) is 8.60. The number of hydrogen-bond acceptors (Lipinski definition) is 6. The van der Waals surface area contributed by atoms with Gasteiger partial charge < -0.3 is 19.5 Å². The minimum absolute atomic E-state index is 0.0594. The Balaban J connectivity index is 1.48. The van der Waals surface area contributed by atoms with Gasteiger partial charge in [-0.25, -0.2) is 9.78 Å². The van der Waals surface area contributed by atoms with Gasteiger partial charge in [0.05, 0.1) is 36.9 Å². The minimum atomic E-state index is -0.973. The van der Waals surface area contributed by atoms with E-state index in [2.05, 4.69) is 4.90 Å². The van der Waals surface area contributed by atoms with E-state index >= 15 is 0 Å². The molecule has 1 atom stereocenters. The molecule has 0 unspecified atom stereocenters. The molecule has 1 aromatic heterocycles. The summed E-state index contributed by atoms with van der Waals surface area (Å²) < 4.78 is 10.9. The smallest absolute Gasteiger partial charge is 0.329 e. The van der Waals surface area contributed by atoms with Crippen molar-refractivity contribution in [1.82, 2.24) is 9.97 Å². The average Bonchev–Trinajstić information content (AvgIpc) is 3.28. The van der Waals surface area contributed by atoms with Crippen molar-refractivity contribution >= 4 is 11.8 Å². The lowest BCUT2D eigenvalue weighted by Gasteiger charge is -2.19. The fourth-order valence-corrected chi connectivity index (χ4v) is 3.64. The highest BCUT2D eigenvalue weighted by atomic mass is 16.5. The molecule has 7 heteroatoms. The van der Waals surface area contributed by atoms with Crippen LogP contribution in [0.4, 0.5) is 5.82 Å². The summed E-state index contributed by atoms with van der Waals surface area (Å²) >= 11 is 0. The Kier molecular flexibility index (Phi) is 6.86. The van der Waals surface area contributed by atoms with Crippen LogP contribution in [0.15, 0.2) is 66.9 Å². The van der Waals surface area contributed by atoms with Crippen molar-refractivity contribution in [3.05, 3.63) is 66.9 Å². The molecule has 1 saturated heterocycles. The molecule has 4 rings (SSSR count). The summed E-state index contributed by atoms with van der Waals surface area (Å²) in [6.45, 7) is 1.89. The number of nitrogens with zero attached hydrogens (tertiary/aromatic N) is 3. The highest BCUT2D eigenvalue weighted by Crippen LogP contribution is 2.31. The SMILES string of the molecule is O=C(O)COCCO[C@H]1CCN(c2cnc(-c3ccccc3)c(-c3ccccc3)n2)C1. The van der Waals surface area contributed by atoms with E-state index in [0.29, 0.717) is 13.2 Å². The number of carboxylic acids is 1. The number of hydrogen-bond donors (Lipinski definition) is 1. The van der Waals surface area contributed by atoms with Crippen LogP contribution >= 0.6 is 0 Å². The second-order valence-corrected chi connectivity index (χ2v) is 7.33. The van der Waals surface area contributed by atoms with Crippen molar-refractivity contribution in [3.63, 3.8) is 0 Å². The lowest BCUT2D eigenvalue weighted by atomic mass is 10.0. The molecule has 1 aliphatic rings. The molecule has 3 aromatic rings. The van der Waals surface area contributed by atoms with Crippen molar-refractivity contribution in [2.45, 2.75) is 12.5 Å². The molecule has 160 valence electrons. The van der Waals surface area contributed by atoms with Gasteiger partial charge in [0.15, 0.2) is 0 Å². The van der Waals surface area contributed by atoms with Gasteiger partial charge in [-0.1, -0.05) is 60.7 Å². The molecule has 7 nitrogen and oxygen atoms in total. The highest BCUT2D eigenvalue weighted by Gasteiger charge is 2.25. The summed E-state index contributed by atoms with van der Waals surface area (Å²) in [5.74, 6) is -0.148. The Hall–Kier alpha value is -3.29. The maximum absolute atomic E-state index is 10.5. The second kappa shape index (κ2) is 10.1. The van der Waals surface area contributed by atoms with Crippen molar-refractivity contribution < 1.29 is 19.4 Å². The Labute approximate surface area is 181 Å². The molecule has 1 fully saturated rings. The number of aromatic nitrogens is 2. The van der Waals surface area contributed by atoms with Crippen LogP contribution in [0.5, 0.6) is 0 Å². The number of benzene rings is 2. The van der Waals surface area contributed by atoms with Gasteiger partial charge in [-0.3, -0.25) is 4.98 Å². The van der Waals surface area contributed by atoms with Gasteiger partial charge in [0.25, 0.3) is 0 Å². The molecule has 0 spiro atoms. The van der Waals surface area contributed by atoms with Gasteiger partial charge in [-0.15, -0.1) is 0 Å². The Morgan fingerprint density at radius 1 is 1.00 bits per heavy atom. The molecule has 2 aromatic carbocycles. The third kappa shape index (κ3) is 5.45. The monoisotopic (exact) mass is 419 g/mol. The topological polar surface area (TPSA) is 84.8 Å². The van der Waals surface area contributed by atoms with E-state index in [1.54, 1.807) is 0 Å². The molecule has 1 N–H and O–H groups in total.